The van der Waals surface area contributed by atoms with E-state index in [4.69, 9.17) is 4.74 Å². The summed E-state index contributed by atoms with van der Waals surface area (Å²) in [5.74, 6) is -0.276. The van der Waals surface area contributed by atoms with E-state index in [0.717, 1.165) is 12.8 Å². The summed E-state index contributed by atoms with van der Waals surface area (Å²) in [6.45, 7) is 4.25. The maximum Gasteiger partial charge on any atom is 0.328 e. The first-order valence-electron chi connectivity index (χ1n) is 5.69. The fourth-order valence-corrected chi connectivity index (χ4v) is 1.98. The molecule has 0 aromatic heterocycles. The standard InChI is InChI=1S/C12H19NO3/c1-3-4-8-11(14)13-9-6-5-7-10(13)12(15)16-2/h3,10H,1,4-9H2,2H3/t10-/m1/s1. The Morgan fingerprint density at radius 1 is 1.50 bits per heavy atom. The second-order valence-electron chi connectivity index (χ2n) is 3.95. The second-order valence-corrected chi connectivity index (χ2v) is 3.95. The van der Waals surface area contributed by atoms with Gasteiger partial charge in [0.05, 0.1) is 7.11 Å². The molecule has 1 rings (SSSR count). The number of nitrogens with zero attached hydrogens (tertiary/aromatic N) is 1. The van der Waals surface area contributed by atoms with Crippen LogP contribution in [0.3, 0.4) is 0 Å². The topological polar surface area (TPSA) is 46.6 Å². The predicted molar refractivity (Wildman–Crippen MR) is 60.8 cm³/mol. The van der Waals surface area contributed by atoms with Gasteiger partial charge in [-0.15, -0.1) is 6.58 Å². The molecule has 0 spiro atoms. The quantitative estimate of drug-likeness (QED) is 0.538. The fraction of sp³-hybridized carbons (Fsp3) is 0.667. The number of methoxy groups -OCH3 is 1. The number of hydrogen-bond donors (Lipinski definition) is 0. The Morgan fingerprint density at radius 3 is 2.88 bits per heavy atom. The molecule has 0 bridgehead atoms. The molecular formula is C12H19NO3. The molecule has 1 aliphatic rings. The van der Waals surface area contributed by atoms with E-state index in [1.165, 1.54) is 7.11 Å². The van der Waals surface area contributed by atoms with Crippen molar-refractivity contribution >= 4 is 11.9 Å². The van der Waals surface area contributed by atoms with Crippen LogP contribution in [0.1, 0.15) is 32.1 Å². The zero-order valence-electron chi connectivity index (χ0n) is 9.78. The van der Waals surface area contributed by atoms with Gasteiger partial charge in [0.15, 0.2) is 0 Å². The van der Waals surface area contributed by atoms with E-state index < -0.39 is 0 Å². The molecule has 4 nitrogen and oxygen atoms in total. The van der Waals surface area contributed by atoms with Gasteiger partial charge in [0.2, 0.25) is 5.91 Å². The van der Waals surface area contributed by atoms with Crippen molar-refractivity contribution in [3.05, 3.63) is 12.7 Å². The third-order valence-electron chi connectivity index (χ3n) is 2.86. The van der Waals surface area contributed by atoms with Gasteiger partial charge in [-0.3, -0.25) is 4.79 Å². The minimum atomic E-state index is -0.379. The smallest absolute Gasteiger partial charge is 0.328 e. The van der Waals surface area contributed by atoms with Crippen molar-refractivity contribution < 1.29 is 14.3 Å². The molecular weight excluding hydrogens is 206 g/mol. The van der Waals surface area contributed by atoms with Crippen LogP contribution in [0.2, 0.25) is 0 Å². The average Bonchev–Trinajstić information content (AvgIpc) is 2.35. The van der Waals surface area contributed by atoms with Crippen molar-refractivity contribution in [1.82, 2.24) is 4.90 Å². The highest BCUT2D eigenvalue weighted by Gasteiger charge is 2.32. The van der Waals surface area contributed by atoms with Crippen molar-refractivity contribution in [2.45, 2.75) is 38.1 Å². The number of amides is 1. The molecule has 0 saturated carbocycles. The number of likely N-dealkylation sites (tertiary alicyclic amines) is 1. The van der Waals surface area contributed by atoms with Gasteiger partial charge in [0.1, 0.15) is 6.04 Å². The summed E-state index contributed by atoms with van der Waals surface area (Å²) < 4.78 is 4.72. The van der Waals surface area contributed by atoms with E-state index in [1.807, 2.05) is 0 Å². The third-order valence-corrected chi connectivity index (χ3v) is 2.86. The van der Waals surface area contributed by atoms with Crippen LogP contribution in [0.4, 0.5) is 0 Å². The third kappa shape index (κ3) is 3.08. The molecule has 1 saturated heterocycles. The monoisotopic (exact) mass is 225 g/mol. The molecule has 1 aliphatic heterocycles. The Bertz CT molecular complexity index is 275. The van der Waals surface area contributed by atoms with Gasteiger partial charge in [0.25, 0.3) is 0 Å². The molecule has 1 atom stereocenters. The van der Waals surface area contributed by atoms with Crippen LogP contribution >= 0.6 is 0 Å². The zero-order chi connectivity index (χ0) is 12.0. The van der Waals surface area contributed by atoms with Gasteiger partial charge in [0, 0.05) is 13.0 Å². The van der Waals surface area contributed by atoms with Crippen LogP contribution in [0.5, 0.6) is 0 Å². The van der Waals surface area contributed by atoms with Gasteiger partial charge in [-0.25, -0.2) is 4.79 Å². The van der Waals surface area contributed by atoms with Crippen LogP contribution in [0.15, 0.2) is 12.7 Å². The van der Waals surface area contributed by atoms with Crippen LogP contribution < -0.4 is 0 Å². The van der Waals surface area contributed by atoms with E-state index in [9.17, 15) is 9.59 Å². The summed E-state index contributed by atoms with van der Waals surface area (Å²) in [5, 5.41) is 0. The van der Waals surface area contributed by atoms with E-state index >= 15 is 0 Å². The summed E-state index contributed by atoms with van der Waals surface area (Å²) in [5.41, 5.74) is 0. The maximum atomic E-state index is 11.9. The fourth-order valence-electron chi connectivity index (χ4n) is 1.98. The molecule has 16 heavy (non-hydrogen) atoms. The number of hydrogen-bond acceptors (Lipinski definition) is 3. The van der Waals surface area contributed by atoms with E-state index in [1.54, 1.807) is 11.0 Å². The van der Waals surface area contributed by atoms with Gasteiger partial charge >= 0.3 is 5.97 Å². The van der Waals surface area contributed by atoms with Gasteiger partial charge < -0.3 is 9.64 Å². The number of ether oxygens (including phenoxy) is 1. The minimum absolute atomic E-state index is 0.0231. The lowest BCUT2D eigenvalue weighted by Gasteiger charge is -2.33. The lowest BCUT2D eigenvalue weighted by molar-refractivity contribution is -0.154. The number of carbonyl (C=O) groups is 2. The van der Waals surface area contributed by atoms with Crippen LogP contribution in [0, 0.1) is 0 Å². The predicted octanol–water partition coefficient (Wildman–Crippen LogP) is 1.51. The largest absolute Gasteiger partial charge is 0.467 e. The number of rotatable bonds is 4. The summed E-state index contributed by atoms with van der Waals surface area (Å²) in [6, 6.07) is -0.379. The molecule has 0 radical (unpaired) electrons. The summed E-state index contributed by atoms with van der Waals surface area (Å²) >= 11 is 0. The van der Waals surface area contributed by atoms with E-state index in [-0.39, 0.29) is 17.9 Å². The van der Waals surface area contributed by atoms with Gasteiger partial charge in [-0.1, -0.05) is 6.08 Å². The highest BCUT2D eigenvalue weighted by Crippen LogP contribution is 2.19. The van der Waals surface area contributed by atoms with Crippen LogP contribution in [-0.4, -0.2) is 36.5 Å². The Hall–Kier alpha value is -1.32. The van der Waals surface area contributed by atoms with E-state index in [2.05, 4.69) is 6.58 Å². The molecule has 1 heterocycles. The molecule has 1 fully saturated rings. The van der Waals surface area contributed by atoms with Crippen molar-refractivity contribution in [3.8, 4) is 0 Å². The van der Waals surface area contributed by atoms with Crippen LogP contribution in [0.25, 0.3) is 0 Å². The number of carbonyl (C=O) groups excluding carboxylic acids is 2. The van der Waals surface area contributed by atoms with Crippen molar-refractivity contribution in [1.29, 1.82) is 0 Å². The number of esters is 1. The Balaban J connectivity index is 2.62. The van der Waals surface area contributed by atoms with E-state index in [0.29, 0.717) is 25.8 Å². The summed E-state index contributed by atoms with van der Waals surface area (Å²) in [4.78, 5) is 25.0. The molecule has 90 valence electrons. The molecule has 0 unspecified atom stereocenters. The first-order valence-corrected chi connectivity index (χ1v) is 5.69. The molecule has 0 aliphatic carbocycles. The normalized spacial score (nSPS) is 20.3. The Labute approximate surface area is 96.3 Å². The first-order chi connectivity index (χ1) is 7.70. The lowest BCUT2D eigenvalue weighted by Crippen LogP contribution is -2.48. The highest BCUT2D eigenvalue weighted by atomic mass is 16.5. The van der Waals surface area contributed by atoms with Crippen molar-refractivity contribution in [2.24, 2.45) is 0 Å². The summed E-state index contributed by atoms with van der Waals surface area (Å²) in [7, 11) is 1.36. The number of allylic oxidation sites excluding steroid dienone is 1. The lowest BCUT2D eigenvalue weighted by atomic mass is 10.0. The Kier molecular flexibility index (Phi) is 5.02. The molecule has 0 aromatic rings. The maximum absolute atomic E-state index is 11.9. The average molecular weight is 225 g/mol. The van der Waals surface area contributed by atoms with Crippen LogP contribution in [-0.2, 0) is 14.3 Å². The summed E-state index contributed by atoms with van der Waals surface area (Å²) in [6.07, 6.45) is 5.46. The SMILES string of the molecule is C=CCCC(=O)N1CCCC[C@@H]1C(=O)OC. The van der Waals surface area contributed by atoms with Gasteiger partial charge in [-0.05, 0) is 25.7 Å². The first kappa shape index (κ1) is 12.7. The second kappa shape index (κ2) is 6.30. The Morgan fingerprint density at radius 2 is 2.25 bits per heavy atom. The molecule has 4 heteroatoms. The van der Waals surface area contributed by atoms with Gasteiger partial charge in [-0.2, -0.15) is 0 Å². The molecule has 1 amide bonds. The number of piperidine rings is 1. The zero-order valence-corrected chi connectivity index (χ0v) is 9.78. The van der Waals surface area contributed by atoms with Crippen molar-refractivity contribution in [3.63, 3.8) is 0 Å². The minimum Gasteiger partial charge on any atom is -0.467 e. The molecule has 0 aromatic carbocycles. The molecule has 0 N–H and O–H groups in total. The highest BCUT2D eigenvalue weighted by molar-refractivity contribution is 5.84. The van der Waals surface area contributed by atoms with Crippen molar-refractivity contribution in [2.75, 3.05) is 13.7 Å².